The number of hydrogen-bond acceptors (Lipinski definition) is 3. The van der Waals surface area contributed by atoms with Crippen molar-refractivity contribution in [2.24, 2.45) is 0 Å². The van der Waals surface area contributed by atoms with E-state index in [2.05, 4.69) is 59.9 Å². The van der Waals surface area contributed by atoms with Gasteiger partial charge in [0.2, 0.25) is 5.91 Å². The Kier molecular flexibility index (Phi) is 9.13. The molecule has 1 aliphatic rings. The highest BCUT2D eigenvalue weighted by molar-refractivity contribution is 5.76. The third kappa shape index (κ3) is 7.08. The van der Waals surface area contributed by atoms with E-state index in [0.717, 1.165) is 52.1 Å². The lowest BCUT2D eigenvalue weighted by atomic mass is 10.1. The molecule has 1 aliphatic heterocycles. The van der Waals surface area contributed by atoms with Gasteiger partial charge in [-0.15, -0.1) is 0 Å². The van der Waals surface area contributed by atoms with Crippen molar-refractivity contribution in [1.82, 2.24) is 14.7 Å². The van der Waals surface area contributed by atoms with Crippen molar-refractivity contribution in [2.75, 3.05) is 46.3 Å². The normalized spacial score (nSPS) is 16.8. The molecule has 4 nitrogen and oxygen atoms in total. The maximum atomic E-state index is 12.4. The molecule has 0 radical (unpaired) electrons. The highest BCUT2D eigenvalue weighted by Crippen LogP contribution is 2.09. The van der Waals surface area contributed by atoms with Crippen LogP contribution in [-0.2, 0) is 11.2 Å². The molecule has 1 saturated heterocycles. The van der Waals surface area contributed by atoms with Crippen LogP contribution in [0.25, 0.3) is 0 Å². The van der Waals surface area contributed by atoms with Crippen LogP contribution in [0.15, 0.2) is 30.3 Å². The van der Waals surface area contributed by atoms with Gasteiger partial charge in [0, 0.05) is 38.6 Å². The van der Waals surface area contributed by atoms with Gasteiger partial charge in [-0.05, 0) is 58.3 Å². The Morgan fingerprint density at radius 1 is 1.12 bits per heavy atom. The number of benzene rings is 1. The molecule has 0 aromatic heterocycles. The second kappa shape index (κ2) is 11.3. The fourth-order valence-electron chi connectivity index (χ4n) is 3.54. The predicted octanol–water partition coefficient (Wildman–Crippen LogP) is 3.27. The second-order valence-corrected chi connectivity index (χ2v) is 7.65. The van der Waals surface area contributed by atoms with Gasteiger partial charge in [0.05, 0.1) is 0 Å². The Labute approximate surface area is 160 Å². The van der Waals surface area contributed by atoms with Crippen LogP contribution in [0.5, 0.6) is 0 Å². The maximum Gasteiger partial charge on any atom is 0.222 e. The Morgan fingerprint density at radius 3 is 2.46 bits per heavy atom. The lowest BCUT2D eigenvalue weighted by Gasteiger charge is -2.35. The Balaban J connectivity index is 1.58. The number of nitrogens with zero attached hydrogens (tertiary/aromatic N) is 3. The van der Waals surface area contributed by atoms with E-state index < -0.39 is 0 Å². The molecule has 1 aromatic carbocycles. The molecule has 1 fully saturated rings. The lowest BCUT2D eigenvalue weighted by molar-refractivity contribution is -0.133. The fourth-order valence-corrected chi connectivity index (χ4v) is 3.54. The molecule has 146 valence electrons. The minimum atomic E-state index is 0.331. The summed E-state index contributed by atoms with van der Waals surface area (Å²) in [6.45, 7) is 10.7. The van der Waals surface area contributed by atoms with Crippen molar-refractivity contribution in [1.29, 1.82) is 0 Å². The zero-order valence-corrected chi connectivity index (χ0v) is 17.0. The first kappa shape index (κ1) is 20.9. The average Bonchev–Trinajstić information content (AvgIpc) is 2.68. The van der Waals surface area contributed by atoms with E-state index in [9.17, 15) is 4.79 Å². The SMILES string of the molecule is CCC(C)N(C)CCCN1CCN(C(=O)CCCc2ccccc2)CC1. The van der Waals surface area contributed by atoms with Crippen molar-refractivity contribution in [3.8, 4) is 0 Å². The zero-order valence-electron chi connectivity index (χ0n) is 17.0. The van der Waals surface area contributed by atoms with Gasteiger partial charge in [-0.1, -0.05) is 37.3 Å². The van der Waals surface area contributed by atoms with Gasteiger partial charge in [0.1, 0.15) is 0 Å². The van der Waals surface area contributed by atoms with E-state index >= 15 is 0 Å². The molecule has 4 heteroatoms. The first-order valence-electron chi connectivity index (χ1n) is 10.3. The highest BCUT2D eigenvalue weighted by Gasteiger charge is 2.20. The van der Waals surface area contributed by atoms with Gasteiger partial charge in [-0.25, -0.2) is 0 Å². The number of carbonyl (C=O) groups excluding carboxylic acids is 1. The molecule has 0 saturated carbocycles. The van der Waals surface area contributed by atoms with Gasteiger partial charge in [-0.2, -0.15) is 0 Å². The molecule has 1 unspecified atom stereocenters. The summed E-state index contributed by atoms with van der Waals surface area (Å²) in [4.78, 5) is 19.4. The van der Waals surface area contributed by atoms with E-state index in [1.807, 2.05) is 6.07 Å². The summed E-state index contributed by atoms with van der Waals surface area (Å²) in [5, 5.41) is 0. The van der Waals surface area contributed by atoms with Crippen LogP contribution in [0.3, 0.4) is 0 Å². The van der Waals surface area contributed by atoms with E-state index in [1.165, 1.54) is 18.4 Å². The summed E-state index contributed by atoms with van der Waals surface area (Å²) in [6.07, 6.45) is 5.04. The number of amides is 1. The van der Waals surface area contributed by atoms with Gasteiger partial charge < -0.3 is 9.80 Å². The van der Waals surface area contributed by atoms with Crippen LogP contribution in [0.4, 0.5) is 0 Å². The van der Waals surface area contributed by atoms with E-state index in [0.29, 0.717) is 18.4 Å². The van der Waals surface area contributed by atoms with E-state index in [4.69, 9.17) is 0 Å². The first-order chi connectivity index (χ1) is 12.6. The summed E-state index contributed by atoms with van der Waals surface area (Å²) in [5.41, 5.74) is 1.33. The van der Waals surface area contributed by atoms with Gasteiger partial charge in [0.25, 0.3) is 0 Å². The molecule has 2 rings (SSSR count). The minimum absolute atomic E-state index is 0.331. The van der Waals surface area contributed by atoms with E-state index in [1.54, 1.807) is 0 Å². The lowest BCUT2D eigenvalue weighted by Crippen LogP contribution is -2.49. The number of aryl methyl sites for hydroxylation is 1. The summed E-state index contributed by atoms with van der Waals surface area (Å²) in [6, 6.07) is 11.1. The zero-order chi connectivity index (χ0) is 18.8. The molecular weight excluding hydrogens is 322 g/mol. The van der Waals surface area contributed by atoms with Crippen LogP contribution in [0.1, 0.15) is 45.1 Å². The van der Waals surface area contributed by atoms with E-state index in [-0.39, 0.29) is 0 Å². The number of carbonyl (C=O) groups is 1. The third-order valence-corrected chi connectivity index (χ3v) is 5.75. The van der Waals surface area contributed by atoms with Crippen LogP contribution in [-0.4, -0.2) is 73.0 Å². The fraction of sp³-hybridized carbons (Fsp3) is 0.682. The molecule has 0 N–H and O–H groups in total. The number of rotatable bonds is 10. The summed E-state index contributed by atoms with van der Waals surface area (Å²) < 4.78 is 0. The average molecular weight is 360 g/mol. The first-order valence-corrected chi connectivity index (χ1v) is 10.3. The van der Waals surface area contributed by atoms with Crippen molar-refractivity contribution in [3.05, 3.63) is 35.9 Å². The maximum absolute atomic E-state index is 12.4. The molecule has 1 amide bonds. The quantitative estimate of drug-likeness (QED) is 0.641. The van der Waals surface area contributed by atoms with Crippen LogP contribution in [0.2, 0.25) is 0 Å². The minimum Gasteiger partial charge on any atom is -0.340 e. The molecule has 26 heavy (non-hydrogen) atoms. The second-order valence-electron chi connectivity index (χ2n) is 7.65. The van der Waals surface area contributed by atoms with Crippen molar-refractivity contribution in [2.45, 2.75) is 52.0 Å². The van der Waals surface area contributed by atoms with Crippen molar-refractivity contribution < 1.29 is 4.79 Å². The topological polar surface area (TPSA) is 26.8 Å². The van der Waals surface area contributed by atoms with Crippen molar-refractivity contribution >= 4 is 5.91 Å². The molecule has 1 aromatic rings. The largest absolute Gasteiger partial charge is 0.340 e. The Bertz CT molecular complexity index is 511. The highest BCUT2D eigenvalue weighted by atomic mass is 16.2. The molecule has 0 spiro atoms. The summed E-state index contributed by atoms with van der Waals surface area (Å²) in [7, 11) is 2.22. The van der Waals surface area contributed by atoms with Gasteiger partial charge >= 0.3 is 0 Å². The number of hydrogen-bond donors (Lipinski definition) is 0. The monoisotopic (exact) mass is 359 g/mol. The Hall–Kier alpha value is -1.39. The Morgan fingerprint density at radius 2 is 1.81 bits per heavy atom. The van der Waals surface area contributed by atoms with Gasteiger partial charge in [0.15, 0.2) is 0 Å². The molecule has 1 heterocycles. The molecule has 1 atom stereocenters. The number of piperazine rings is 1. The summed E-state index contributed by atoms with van der Waals surface area (Å²) >= 11 is 0. The molecule has 0 aliphatic carbocycles. The molecule has 0 bridgehead atoms. The van der Waals surface area contributed by atoms with Crippen LogP contribution >= 0.6 is 0 Å². The molecular formula is C22H37N3O. The smallest absolute Gasteiger partial charge is 0.222 e. The predicted molar refractivity (Wildman–Crippen MR) is 109 cm³/mol. The van der Waals surface area contributed by atoms with Gasteiger partial charge in [-0.3, -0.25) is 9.69 Å². The third-order valence-electron chi connectivity index (χ3n) is 5.75. The van der Waals surface area contributed by atoms with Crippen LogP contribution in [0, 0.1) is 0 Å². The standard InChI is InChI=1S/C22H37N3O/c1-4-20(2)23(3)14-9-15-24-16-18-25(19-17-24)22(26)13-8-12-21-10-6-5-7-11-21/h5-7,10-11,20H,4,8-9,12-19H2,1-3H3. The summed E-state index contributed by atoms with van der Waals surface area (Å²) in [5.74, 6) is 0.331. The van der Waals surface area contributed by atoms with Crippen LogP contribution < -0.4 is 0 Å². The van der Waals surface area contributed by atoms with Crippen molar-refractivity contribution in [3.63, 3.8) is 0 Å².